The molecule has 0 amide bonds. The van der Waals surface area contributed by atoms with Crippen LogP contribution in [0, 0.1) is 0 Å². The van der Waals surface area contributed by atoms with E-state index in [9.17, 15) is 4.79 Å². The maximum atomic E-state index is 9.82. The first-order chi connectivity index (χ1) is 2.77. The van der Waals surface area contributed by atoms with Crippen LogP contribution in [-0.2, 0) is 9.53 Å². The van der Waals surface area contributed by atoms with E-state index in [1.165, 1.54) is 6.92 Å². The third kappa shape index (κ3) is 32.1. The Balaban J connectivity index is -0.0000000417. The molecule has 9 heavy (non-hydrogen) atoms. The first-order valence-corrected chi connectivity index (χ1v) is 1.90. The van der Waals surface area contributed by atoms with Crippen LogP contribution >= 0.6 is 0 Å². The SMILES string of the molecule is CCOC(C)=O.O.O.[LiH]. The van der Waals surface area contributed by atoms with Gasteiger partial charge in [-0.15, -0.1) is 0 Å². The Morgan fingerprint density at radius 3 is 1.78 bits per heavy atom. The van der Waals surface area contributed by atoms with Gasteiger partial charge in [0.2, 0.25) is 0 Å². The third-order valence-corrected chi connectivity index (χ3v) is 0.348. The number of rotatable bonds is 1. The Kier molecular flexibility index (Phi) is 40.2. The predicted octanol–water partition coefficient (Wildman–Crippen LogP) is -1.73. The molecule has 0 aliphatic heterocycles. The quantitative estimate of drug-likeness (QED) is 0.313. The second-order valence-corrected chi connectivity index (χ2v) is 0.925. The predicted molar refractivity (Wildman–Crippen MR) is 36.7 cm³/mol. The van der Waals surface area contributed by atoms with Gasteiger partial charge >= 0.3 is 24.8 Å². The van der Waals surface area contributed by atoms with E-state index in [1.54, 1.807) is 6.92 Å². The van der Waals surface area contributed by atoms with E-state index in [-0.39, 0.29) is 35.8 Å². The van der Waals surface area contributed by atoms with Crippen LogP contribution in [0.2, 0.25) is 0 Å². The van der Waals surface area contributed by atoms with Gasteiger partial charge in [-0.05, 0) is 6.92 Å². The van der Waals surface area contributed by atoms with Crippen molar-refractivity contribution in [2.75, 3.05) is 6.61 Å². The molecule has 0 heterocycles. The summed E-state index contributed by atoms with van der Waals surface area (Å²) < 4.78 is 4.40. The molecule has 0 bridgehead atoms. The normalized spacial score (nSPS) is 5.11. The van der Waals surface area contributed by atoms with Crippen molar-refractivity contribution in [2.45, 2.75) is 13.8 Å². The van der Waals surface area contributed by atoms with E-state index in [0.29, 0.717) is 6.61 Å². The van der Waals surface area contributed by atoms with Crippen LogP contribution in [0.5, 0.6) is 0 Å². The summed E-state index contributed by atoms with van der Waals surface area (Å²) >= 11 is 0. The molecule has 0 aromatic carbocycles. The molecule has 0 aliphatic carbocycles. The molecular weight excluding hydrogens is 119 g/mol. The molecule has 0 aliphatic rings. The third-order valence-electron chi connectivity index (χ3n) is 0.348. The molecule has 0 saturated heterocycles. The van der Waals surface area contributed by atoms with Crippen molar-refractivity contribution in [1.82, 2.24) is 0 Å². The Bertz CT molecular complexity index is 56.5. The zero-order valence-electron chi connectivity index (χ0n) is 5.02. The van der Waals surface area contributed by atoms with Crippen molar-refractivity contribution < 1.29 is 20.5 Å². The number of hydrogen-bond acceptors (Lipinski definition) is 2. The van der Waals surface area contributed by atoms with Crippen LogP contribution in [0.3, 0.4) is 0 Å². The summed E-state index contributed by atoms with van der Waals surface area (Å²) in [6.07, 6.45) is 0. The Hall–Kier alpha value is -0.0126. The maximum absolute atomic E-state index is 9.82. The average molecular weight is 132 g/mol. The van der Waals surface area contributed by atoms with Crippen molar-refractivity contribution in [3.63, 3.8) is 0 Å². The standard InChI is InChI=1S/C4H8O2.Li.2H2O.H/c1-3-6-4(2)5;;;;/h3H2,1-2H3;;2*1H2;. The van der Waals surface area contributed by atoms with E-state index in [2.05, 4.69) is 4.74 Å². The van der Waals surface area contributed by atoms with E-state index < -0.39 is 0 Å². The van der Waals surface area contributed by atoms with Gasteiger partial charge in [-0.25, -0.2) is 0 Å². The zero-order chi connectivity index (χ0) is 4.99. The van der Waals surface area contributed by atoms with Gasteiger partial charge in [0.25, 0.3) is 0 Å². The second-order valence-electron chi connectivity index (χ2n) is 0.925. The number of carbonyl (C=O) groups is 1. The Labute approximate surface area is 66.4 Å². The molecule has 0 atom stereocenters. The first kappa shape index (κ1) is 23.1. The fourth-order valence-electron chi connectivity index (χ4n) is 0.203. The van der Waals surface area contributed by atoms with Gasteiger partial charge in [0.1, 0.15) is 0 Å². The Morgan fingerprint density at radius 2 is 1.78 bits per heavy atom. The van der Waals surface area contributed by atoms with E-state index in [1.807, 2.05) is 0 Å². The zero-order valence-corrected chi connectivity index (χ0v) is 5.02. The fourth-order valence-corrected chi connectivity index (χ4v) is 0.203. The summed E-state index contributed by atoms with van der Waals surface area (Å²) in [5.74, 6) is -0.211. The molecule has 54 valence electrons. The van der Waals surface area contributed by atoms with Gasteiger partial charge in [-0.3, -0.25) is 4.79 Å². The molecular formula is C4H13LiO4. The van der Waals surface area contributed by atoms with Crippen LogP contribution in [-0.4, -0.2) is 42.4 Å². The molecule has 4 N–H and O–H groups in total. The number of esters is 1. The van der Waals surface area contributed by atoms with Crippen molar-refractivity contribution in [3.05, 3.63) is 0 Å². The first-order valence-electron chi connectivity index (χ1n) is 1.90. The van der Waals surface area contributed by atoms with Crippen LogP contribution in [0.4, 0.5) is 0 Å². The van der Waals surface area contributed by atoms with E-state index in [0.717, 1.165) is 0 Å². The molecule has 0 unspecified atom stereocenters. The van der Waals surface area contributed by atoms with Gasteiger partial charge in [0.15, 0.2) is 0 Å². The molecule has 0 radical (unpaired) electrons. The molecule has 0 aromatic rings. The summed E-state index contributed by atoms with van der Waals surface area (Å²) in [6, 6.07) is 0. The summed E-state index contributed by atoms with van der Waals surface area (Å²) in [5.41, 5.74) is 0. The number of carbonyl (C=O) groups excluding carboxylic acids is 1. The molecule has 0 saturated carbocycles. The van der Waals surface area contributed by atoms with Gasteiger partial charge in [0.05, 0.1) is 6.61 Å². The van der Waals surface area contributed by atoms with Gasteiger partial charge in [0, 0.05) is 6.92 Å². The molecule has 0 rings (SSSR count). The minimum absolute atomic E-state index is 0. The van der Waals surface area contributed by atoms with E-state index >= 15 is 0 Å². The summed E-state index contributed by atoms with van der Waals surface area (Å²) in [7, 11) is 0. The molecule has 4 nitrogen and oxygen atoms in total. The monoisotopic (exact) mass is 132 g/mol. The van der Waals surface area contributed by atoms with Crippen molar-refractivity contribution >= 4 is 24.8 Å². The number of hydrogen-bond donors (Lipinski definition) is 0. The van der Waals surface area contributed by atoms with Gasteiger partial charge in [-0.1, -0.05) is 0 Å². The minimum atomic E-state index is -0.211. The van der Waals surface area contributed by atoms with Crippen molar-refractivity contribution in [3.8, 4) is 0 Å². The van der Waals surface area contributed by atoms with Crippen LogP contribution < -0.4 is 0 Å². The molecule has 0 fully saturated rings. The second kappa shape index (κ2) is 15.7. The van der Waals surface area contributed by atoms with Crippen LogP contribution in [0.15, 0.2) is 0 Å². The summed E-state index contributed by atoms with van der Waals surface area (Å²) in [5, 5.41) is 0. The molecule has 5 heteroatoms. The van der Waals surface area contributed by atoms with Gasteiger partial charge < -0.3 is 15.7 Å². The Morgan fingerprint density at radius 1 is 1.44 bits per heavy atom. The topological polar surface area (TPSA) is 89.3 Å². The van der Waals surface area contributed by atoms with Gasteiger partial charge in [-0.2, -0.15) is 0 Å². The van der Waals surface area contributed by atoms with Crippen molar-refractivity contribution in [1.29, 1.82) is 0 Å². The fraction of sp³-hybridized carbons (Fsp3) is 0.750. The molecule has 0 spiro atoms. The van der Waals surface area contributed by atoms with E-state index in [4.69, 9.17) is 0 Å². The summed E-state index contributed by atoms with van der Waals surface area (Å²) in [4.78, 5) is 9.82. The average Bonchev–Trinajstić information content (AvgIpc) is 1.35. The number of ether oxygens (including phenoxy) is 1. The van der Waals surface area contributed by atoms with Crippen molar-refractivity contribution in [2.24, 2.45) is 0 Å². The molecule has 0 aromatic heterocycles. The summed E-state index contributed by atoms with van der Waals surface area (Å²) in [6.45, 7) is 3.65. The van der Waals surface area contributed by atoms with Crippen LogP contribution in [0.25, 0.3) is 0 Å². The van der Waals surface area contributed by atoms with Crippen LogP contribution in [0.1, 0.15) is 13.8 Å².